The van der Waals surface area contributed by atoms with Crippen molar-refractivity contribution in [2.24, 2.45) is 0 Å². The van der Waals surface area contributed by atoms with Gasteiger partial charge in [0, 0.05) is 12.2 Å². The van der Waals surface area contributed by atoms with Crippen molar-refractivity contribution in [3.05, 3.63) is 22.2 Å². The van der Waals surface area contributed by atoms with Gasteiger partial charge in [0.05, 0.1) is 12.1 Å². The van der Waals surface area contributed by atoms with Crippen LogP contribution in [-0.4, -0.2) is 27.3 Å². The fraction of sp³-hybridized carbons (Fsp3) is 0.364. The van der Waals surface area contributed by atoms with Crippen LogP contribution in [0.2, 0.25) is 0 Å². The van der Waals surface area contributed by atoms with Gasteiger partial charge in [0.25, 0.3) is 0 Å². The molecule has 7 nitrogen and oxygen atoms in total. The molecule has 0 atom stereocenters. The number of nitrogen functional groups attached to an aromatic ring is 1. The van der Waals surface area contributed by atoms with Gasteiger partial charge in [-0.25, -0.2) is 9.59 Å². The maximum Gasteiger partial charge on any atom is 0.405 e. The van der Waals surface area contributed by atoms with E-state index in [1.807, 2.05) is 13.8 Å². The molecule has 1 rings (SSSR count). The highest BCUT2D eigenvalue weighted by Gasteiger charge is 2.06. The Hall–Kier alpha value is -2.49. The summed E-state index contributed by atoms with van der Waals surface area (Å²) in [5, 5.41) is 10.5. The standard InChI is InChI=1S/C11H14N4O3/c1-7(2)15-6-8(9(12)14-10(15)16)4-3-5-13-11(17)18/h6-7,13H,5H2,1-2H3,(H,17,18)(H2,12,14,16). The van der Waals surface area contributed by atoms with Crippen molar-refractivity contribution in [1.82, 2.24) is 14.9 Å². The third-order valence-electron chi connectivity index (χ3n) is 2.09. The fourth-order valence-corrected chi connectivity index (χ4v) is 1.21. The van der Waals surface area contributed by atoms with Gasteiger partial charge in [0.1, 0.15) is 5.82 Å². The summed E-state index contributed by atoms with van der Waals surface area (Å²) in [4.78, 5) is 25.3. The molecule has 96 valence electrons. The van der Waals surface area contributed by atoms with Gasteiger partial charge in [0.2, 0.25) is 0 Å². The molecule has 0 unspecified atom stereocenters. The third-order valence-corrected chi connectivity index (χ3v) is 2.09. The van der Waals surface area contributed by atoms with Crippen LogP contribution in [0, 0.1) is 11.8 Å². The van der Waals surface area contributed by atoms with Crippen LogP contribution < -0.4 is 16.7 Å². The molecular weight excluding hydrogens is 236 g/mol. The van der Waals surface area contributed by atoms with E-state index in [0.29, 0.717) is 5.56 Å². The minimum atomic E-state index is -1.15. The van der Waals surface area contributed by atoms with Crippen LogP contribution in [-0.2, 0) is 0 Å². The molecule has 0 aliphatic carbocycles. The monoisotopic (exact) mass is 250 g/mol. The number of rotatable bonds is 2. The predicted molar refractivity (Wildman–Crippen MR) is 66.2 cm³/mol. The lowest BCUT2D eigenvalue weighted by Crippen LogP contribution is -2.26. The van der Waals surface area contributed by atoms with Crippen LogP contribution >= 0.6 is 0 Å². The van der Waals surface area contributed by atoms with Crippen LogP contribution in [0.4, 0.5) is 10.6 Å². The van der Waals surface area contributed by atoms with Crippen molar-refractivity contribution >= 4 is 11.9 Å². The van der Waals surface area contributed by atoms with E-state index in [1.54, 1.807) is 0 Å². The summed E-state index contributed by atoms with van der Waals surface area (Å²) in [5.74, 6) is 5.29. The quantitative estimate of drug-likeness (QED) is 0.641. The summed E-state index contributed by atoms with van der Waals surface area (Å²) in [6, 6.07) is -0.0525. The van der Waals surface area contributed by atoms with Crippen molar-refractivity contribution in [3.63, 3.8) is 0 Å². The molecule has 0 saturated carbocycles. The number of nitrogens with zero attached hydrogens (tertiary/aromatic N) is 2. The molecule has 0 radical (unpaired) electrons. The van der Waals surface area contributed by atoms with Crippen LogP contribution in [0.3, 0.4) is 0 Å². The summed E-state index contributed by atoms with van der Waals surface area (Å²) in [6.07, 6.45) is 0.367. The normalized spacial score (nSPS) is 9.72. The van der Waals surface area contributed by atoms with Crippen molar-refractivity contribution in [3.8, 4) is 11.8 Å². The number of hydrogen-bond donors (Lipinski definition) is 3. The number of nitrogens with one attached hydrogen (secondary N) is 1. The Kier molecular flexibility index (Phi) is 4.32. The maximum absolute atomic E-state index is 11.5. The summed E-state index contributed by atoms with van der Waals surface area (Å²) < 4.78 is 1.41. The Balaban J connectivity index is 2.99. The number of amides is 1. The van der Waals surface area contributed by atoms with Gasteiger partial charge in [-0.2, -0.15) is 4.98 Å². The fourth-order valence-electron chi connectivity index (χ4n) is 1.21. The topological polar surface area (TPSA) is 110 Å². The van der Waals surface area contributed by atoms with E-state index in [4.69, 9.17) is 10.8 Å². The zero-order chi connectivity index (χ0) is 13.7. The highest BCUT2D eigenvalue weighted by molar-refractivity contribution is 5.64. The lowest BCUT2D eigenvalue weighted by molar-refractivity contribution is 0.196. The van der Waals surface area contributed by atoms with Crippen LogP contribution in [0.25, 0.3) is 0 Å². The molecule has 7 heteroatoms. The Bertz CT molecular complexity index is 566. The number of carboxylic acid groups (broad SMARTS) is 1. The molecule has 0 bridgehead atoms. The maximum atomic E-state index is 11.5. The molecule has 0 aliphatic heterocycles. The second-order valence-electron chi connectivity index (χ2n) is 3.78. The van der Waals surface area contributed by atoms with Crippen LogP contribution in [0.5, 0.6) is 0 Å². The Morgan fingerprint density at radius 1 is 1.67 bits per heavy atom. The lowest BCUT2D eigenvalue weighted by Gasteiger charge is -2.09. The van der Waals surface area contributed by atoms with Crippen molar-refractivity contribution in [1.29, 1.82) is 0 Å². The Morgan fingerprint density at radius 3 is 2.89 bits per heavy atom. The number of hydrogen-bond acceptors (Lipinski definition) is 4. The average Bonchev–Trinajstić information content (AvgIpc) is 2.25. The highest BCUT2D eigenvalue weighted by Crippen LogP contribution is 2.06. The number of nitrogens with two attached hydrogens (primary N) is 1. The number of carbonyl (C=O) groups is 1. The molecule has 0 saturated heterocycles. The van der Waals surface area contributed by atoms with E-state index in [0.717, 1.165) is 0 Å². The average molecular weight is 250 g/mol. The van der Waals surface area contributed by atoms with Crippen LogP contribution in [0.1, 0.15) is 25.5 Å². The lowest BCUT2D eigenvalue weighted by atomic mass is 10.3. The molecule has 1 amide bonds. The predicted octanol–water partition coefficient (Wildman–Crippen LogP) is 0.0255. The van der Waals surface area contributed by atoms with E-state index in [-0.39, 0.29) is 18.4 Å². The molecule has 18 heavy (non-hydrogen) atoms. The van der Waals surface area contributed by atoms with E-state index in [9.17, 15) is 9.59 Å². The van der Waals surface area contributed by atoms with Crippen molar-refractivity contribution in [2.75, 3.05) is 12.3 Å². The van der Waals surface area contributed by atoms with Crippen molar-refractivity contribution in [2.45, 2.75) is 19.9 Å². The minimum absolute atomic E-state index is 0.0183. The van der Waals surface area contributed by atoms with Crippen LogP contribution in [0.15, 0.2) is 11.0 Å². The van der Waals surface area contributed by atoms with Gasteiger partial charge < -0.3 is 16.2 Å². The SMILES string of the molecule is CC(C)n1cc(C#CCNC(=O)O)c(N)nc1=O. The van der Waals surface area contributed by atoms with Gasteiger partial charge >= 0.3 is 11.8 Å². The molecule has 1 heterocycles. The van der Waals surface area contributed by atoms with E-state index < -0.39 is 11.8 Å². The number of anilines is 1. The second kappa shape index (κ2) is 5.72. The Labute approximate surface area is 104 Å². The summed E-state index contributed by atoms with van der Waals surface area (Å²) in [7, 11) is 0. The molecular formula is C11H14N4O3. The first-order valence-electron chi connectivity index (χ1n) is 5.26. The van der Waals surface area contributed by atoms with E-state index >= 15 is 0 Å². The third kappa shape index (κ3) is 3.52. The smallest absolute Gasteiger partial charge is 0.405 e. The van der Waals surface area contributed by atoms with E-state index in [1.165, 1.54) is 10.8 Å². The first-order valence-corrected chi connectivity index (χ1v) is 5.26. The Morgan fingerprint density at radius 2 is 2.33 bits per heavy atom. The second-order valence-corrected chi connectivity index (χ2v) is 3.78. The zero-order valence-electron chi connectivity index (χ0n) is 10.1. The van der Waals surface area contributed by atoms with Gasteiger partial charge in [-0.1, -0.05) is 11.8 Å². The molecule has 0 aliphatic rings. The molecule has 1 aromatic rings. The summed E-state index contributed by atoms with van der Waals surface area (Å²) in [5.41, 5.74) is 5.53. The first-order chi connectivity index (χ1) is 8.41. The van der Waals surface area contributed by atoms with Crippen molar-refractivity contribution < 1.29 is 9.90 Å². The van der Waals surface area contributed by atoms with E-state index in [2.05, 4.69) is 22.1 Å². The highest BCUT2D eigenvalue weighted by atomic mass is 16.4. The molecule has 4 N–H and O–H groups in total. The minimum Gasteiger partial charge on any atom is -0.465 e. The first kappa shape index (κ1) is 13.6. The van der Waals surface area contributed by atoms with Gasteiger partial charge in [-0.3, -0.25) is 4.57 Å². The summed E-state index contributed by atoms with van der Waals surface area (Å²) in [6.45, 7) is 3.65. The molecule has 0 aromatic carbocycles. The van der Waals surface area contributed by atoms with Gasteiger partial charge in [-0.15, -0.1) is 0 Å². The van der Waals surface area contributed by atoms with Gasteiger partial charge in [0.15, 0.2) is 0 Å². The zero-order valence-corrected chi connectivity index (χ0v) is 10.1. The largest absolute Gasteiger partial charge is 0.465 e. The number of aromatic nitrogens is 2. The van der Waals surface area contributed by atoms with Gasteiger partial charge in [-0.05, 0) is 13.8 Å². The molecule has 1 aromatic heterocycles. The molecule has 0 fully saturated rings. The molecule has 0 spiro atoms. The summed E-state index contributed by atoms with van der Waals surface area (Å²) >= 11 is 0.